The van der Waals surface area contributed by atoms with Crippen molar-refractivity contribution >= 4 is 51.9 Å². The zero-order chi connectivity index (χ0) is 27.7. The van der Waals surface area contributed by atoms with E-state index in [9.17, 15) is 24.5 Å². The number of anilines is 2. The molecule has 3 aliphatic rings. The molecule has 4 aromatic rings. The van der Waals surface area contributed by atoms with Crippen molar-refractivity contribution in [2.24, 2.45) is 11.8 Å². The van der Waals surface area contributed by atoms with E-state index < -0.39 is 46.6 Å². The number of fused-ring (bicyclic) bond motifs is 6. The fourth-order valence-electron chi connectivity index (χ4n) is 6.16. The van der Waals surface area contributed by atoms with Gasteiger partial charge in [0.2, 0.25) is 11.8 Å². The minimum Gasteiger partial charge on any atom is -0.495 e. The Kier molecular flexibility index (Phi) is 5.07. The number of carbonyl (C=O) groups is 3. The molecule has 0 radical (unpaired) electrons. The molecule has 40 heavy (non-hydrogen) atoms. The van der Waals surface area contributed by atoms with Crippen molar-refractivity contribution in [3.8, 4) is 5.75 Å². The van der Waals surface area contributed by atoms with Gasteiger partial charge in [-0.15, -0.1) is 5.10 Å². The lowest BCUT2D eigenvalue weighted by Crippen LogP contribution is -2.50. The standard InChI is InChI=1S/C28H20N6O6/c1-40-22-13-11-16(34(38)39)14-21(22)32-26(35)23-20-12-10-15-6-2-4-8-18(15)31(20)25(24(23)27(32)36)28(37)33-19-9-5-3-7-17(19)29-30-33/h2-14,20,23-25H,1H3/t20-,23+,24+,25-/m1/s1. The van der Waals surface area contributed by atoms with Crippen LogP contribution in [0.2, 0.25) is 0 Å². The van der Waals surface area contributed by atoms with Crippen LogP contribution < -0.4 is 14.5 Å². The van der Waals surface area contributed by atoms with Gasteiger partial charge < -0.3 is 9.64 Å². The van der Waals surface area contributed by atoms with Gasteiger partial charge in [0.05, 0.1) is 35.4 Å². The molecule has 12 heteroatoms. The third-order valence-electron chi connectivity index (χ3n) is 7.84. The molecular weight excluding hydrogens is 516 g/mol. The number of para-hydroxylation sites is 2. The smallest absolute Gasteiger partial charge is 0.272 e. The highest BCUT2D eigenvalue weighted by Gasteiger charge is 2.65. The van der Waals surface area contributed by atoms with E-state index in [2.05, 4.69) is 10.3 Å². The number of methoxy groups -OCH3 is 1. The minimum atomic E-state index is -1.10. The molecule has 7 rings (SSSR count). The van der Waals surface area contributed by atoms with E-state index in [1.807, 2.05) is 41.3 Å². The van der Waals surface area contributed by atoms with E-state index in [1.54, 1.807) is 24.3 Å². The van der Waals surface area contributed by atoms with Crippen molar-refractivity contribution < 1.29 is 24.0 Å². The van der Waals surface area contributed by atoms with Gasteiger partial charge in [0.1, 0.15) is 23.0 Å². The Morgan fingerprint density at radius 3 is 2.52 bits per heavy atom. The van der Waals surface area contributed by atoms with Crippen molar-refractivity contribution in [1.29, 1.82) is 0 Å². The number of carbonyl (C=O) groups excluding carboxylic acids is 3. The van der Waals surface area contributed by atoms with Crippen LogP contribution in [-0.2, 0) is 9.59 Å². The number of imide groups is 1. The normalized spacial score (nSPS) is 22.8. The van der Waals surface area contributed by atoms with Crippen LogP contribution >= 0.6 is 0 Å². The maximum atomic E-state index is 14.3. The molecule has 4 atom stereocenters. The second-order valence-corrected chi connectivity index (χ2v) is 9.77. The molecule has 0 saturated carbocycles. The van der Waals surface area contributed by atoms with Gasteiger partial charge in [0, 0.05) is 17.8 Å². The number of hydrogen-bond acceptors (Lipinski definition) is 9. The fraction of sp³-hybridized carbons (Fsp3) is 0.179. The number of aromatic nitrogens is 3. The summed E-state index contributed by atoms with van der Waals surface area (Å²) in [6, 6.07) is 16.4. The number of hydrogen-bond donors (Lipinski definition) is 0. The Morgan fingerprint density at radius 1 is 0.975 bits per heavy atom. The summed E-state index contributed by atoms with van der Waals surface area (Å²) in [4.78, 5) is 56.2. The molecule has 2 fully saturated rings. The molecule has 1 aromatic heterocycles. The summed E-state index contributed by atoms with van der Waals surface area (Å²) in [5, 5.41) is 19.7. The highest BCUT2D eigenvalue weighted by molar-refractivity contribution is 6.25. The number of rotatable bonds is 4. The Hall–Kier alpha value is -5.39. The molecule has 12 nitrogen and oxygen atoms in total. The largest absolute Gasteiger partial charge is 0.495 e. The first-order valence-corrected chi connectivity index (χ1v) is 12.5. The quantitative estimate of drug-likeness (QED) is 0.219. The van der Waals surface area contributed by atoms with Gasteiger partial charge in [-0.3, -0.25) is 24.5 Å². The summed E-state index contributed by atoms with van der Waals surface area (Å²) in [5.74, 6) is -3.61. The third-order valence-corrected chi connectivity index (χ3v) is 7.84. The molecule has 0 N–H and O–H groups in total. The van der Waals surface area contributed by atoms with Crippen molar-refractivity contribution in [3.05, 3.63) is 88.5 Å². The van der Waals surface area contributed by atoms with E-state index in [1.165, 1.54) is 23.9 Å². The average Bonchev–Trinajstić information content (AvgIpc) is 3.63. The topological polar surface area (TPSA) is 141 Å². The summed E-state index contributed by atoms with van der Waals surface area (Å²) in [5.41, 5.74) is 2.21. The van der Waals surface area contributed by atoms with E-state index >= 15 is 0 Å². The Balaban J connectivity index is 1.40. The number of non-ortho nitro benzene ring substituents is 1. The lowest BCUT2D eigenvalue weighted by atomic mass is 9.88. The van der Waals surface area contributed by atoms with Crippen LogP contribution in [0.25, 0.3) is 17.1 Å². The molecule has 0 bridgehead atoms. The Bertz CT molecular complexity index is 1800. The second kappa shape index (κ2) is 8.56. The zero-order valence-corrected chi connectivity index (χ0v) is 20.9. The van der Waals surface area contributed by atoms with Gasteiger partial charge in [-0.1, -0.05) is 47.7 Å². The summed E-state index contributed by atoms with van der Waals surface area (Å²) >= 11 is 0. The lowest BCUT2D eigenvalue weighted by molar-refractivity contribution is -0.384. The lowest BCUT2D eigenvalue weighted by Gasteiger charge is -2.36. The van der Waals surface area contributed by atoms with Crippen LogP contribution in [0.15, 0.2) is 72.8 Å². The molecule has 2 amide bonds. The van der Waals surface area contributed by atoms with Crippen LogP contribution in [0.1, 0.15) is 10.4 Å². The molecule has 4 heterocycles. The highest BCUT2D eigenvalue weighted by Crippen LogP contribution is 2.50. The second-order valence-electron chi connectivity index (χ2n) is 9.77. The molecule has 0 aliphatic carbocycles. The van der Waals surface area contributed by atoms with Crippen LogP contribution in [0.5, 0.6) is 5.75 Å². The molecule has 3 aliphatic heterocycles. The fourth-order valence-corrected chi connectivity index (χ4v) is 6.16. The Labute approximate surface area is 226 Å². The Morgan fingerprint density at radius 2 is 1.73 bits per heavy atom. The molecule has 0 spiro atoms. The van der Waals surface area contributed by atoms with Gasteiger partial charge in [0.25, 0.3) is 11.6 Å². The molecule has 0 unspecified atom stereocenters. The predicted molar refractivity (Wildman–Crippen MR) is 143 cm³/mol. The third kappa shape index (κ3) is 3.16. The van der Waals surface area contributed by atoms with Crippen molar-refractivity contribution in [2.45, 2.75) is 12.1 Å². The highest BCUT2D eigenvalue weighted by atomic mass is 16.6. The van der Waals surface area contributed by atoms with Gasteiger partial charge in [-0.2, -0.15) is 4.68 Å². The van der Waals surface area contributed by atoms with Crippen LogP contribution in [0, 0.1) is 22.0 Å². The van der Waals surface area contributed by atoms with Crippen LogP contribution in [0.3, 0.4) is 0 Å². The molecule has 2 saturated heterocycles. The first-order chi connectivity index (χ1) is 19.4. The monoisotopic (exact) mass is 536 g/mol. The molecular formula is C28H20N6O6. The molecule has 198 valence electrons. The zero-order valence-electron chi connectivity index (χ0n) is 20.9. The first-order valence-electron chi connectivity index (χ1n) is 12.5. The van der Waals surface area contributed by atoms with E-state index in [0.717, 1.165) is 16.5 Å². The van der Waals surface area contributed by atoms with Gasteiger partial charge in [-0.25, -0.2) is 4.90 Å². The number of nitro groups is 1. The summed E-state index contributed by atoms with van der Waals surface area (Å²) in [6.45, 7) is 0. The number of amides is 2. The van der Waals surface area contributed by atoms with E-state index in [-0.39, 0.29) is 17.1 Å². The maximum absolute atomic E-state index is 14.3. The van der Waals surface area contributed by atoms with Crippen molar-refractivity contribution in [3.63, 3.8) is 0 Å². The average molecular weight is 537 g/mol. The maximum Gasteiger partial charge on any atom is 0.272 e. The summed E-state index contributed by atoms with van der Waals surface area (Å²) in [7, 11) is 1.35. The minimum absolute atomic E-state index is 0.0368. The van der Waals surface area contributed by atoms with Crippen LogP contribution in [-0.4, -0.2) is 56.8 Å². The van der Waals surface area contributed by atoms with Gasteiger partial charge in [-0.05, 0) is 29.8 Å². The number of ether oxygens (including phenoxy) is 1. The first kappa shape index (κ1) is 23.7. The van der Waals surface area contributed by atoms with Gasteiger partial charge >= 0.3 is 0 Å². The predicted octanol–water partition coefficient (Wildman–Crippen LogP) is 3.08. The van der Waals surface area contributed by atoms with Crippen molar-refractivity contribution in [2.75, 3.05) is 16.9 Å². The van der Waals surface area contributed by atoms with Gasteiger partial charge in [0.15, 0.2) is 0 Å². The number of nitro benzene ring substituents is 1. The van der Waals surface area contributed by atoms with E-state index in [4.69, 9.17) is 4.74 Å². The number of benzene rings is 3. The van der Waals surface area contributed by atoms with Crippen molar-refractivity contribution in [1.82, 2.24) is 15.0 Å². The number of nitrogens with zero attached hydrogens (tertiary/aromatic N) is 6. The van der Waals surface area contributed by atoms with Crippen LogP contribution in [0.4, 0.5) is 17.1 Å². The summed E-state index contributed by atoms with van der Waals surface area (Å²) < 4.78 is 6.54. The summed E-state index contributed by atoms with van der Waals surface area (Å²) in [6.07, 6.45) is 3.70. The van der Waals surface area contributed by atoms with E-state index in [0.29, 0.717) is 16.7 Å². The molecule has 3 aromatic carbocycles. The SMILES string of the molecule is COc1ccc([N+](=O)[O-])cc1N1C(=O)[C@@H]2[C@H](C1=O)[C@H](C(=O)n1nnc3ccccc31)N1c3ccccc3C=C[C@H]21.